The molecule has 0 spiro atoms. The summed E-state index contributed by atoms with van der Waals surface area (Å²) in [6.45, 7) is 3.81. The van der Waals surface area contributed by atoms with Crippen LogP contribution in [0.25, 0.3) is 5.69 Å². The Morgan fingerprint density at radius 2 is 2.17 bits per heavy atom. The van der Waals surface area contributed by atoms with Gasteiger partial charge in [-0.3, -0.25) is 9.36 Å². The highest BCUT2D eigenvalue weighted by molar-refractivity contribution is 7.99. The SMILES string of the molecule is Cc1cc(C(=O)CSc2nccn2-c2cccc(F)c2)c(C)[nH]1. The van der Waals surface area contributed by atoms with E-state index in [2.05, 4.69) is 9.97 Å². The second-order valence-electron chi connectivity index (χ2n) is 5.26. The van der Waals surface area contributed by atoms with Crippen LogP contribution >= 0.6 is 11.8 Å². The van der Waals surface area contributed by atoms with Gasteiger partial charge in [-0.05, 0) is 38.1 Å². The number of ketones is 1. The molecule has 0 radical (unpaired) electrons. The number of aromatic amines is 1. The summed E-state index contributed by atoms with van der Waals surface area (Å²) in [6.07, 6.45) is 3.40. The van der Waals surface area contributed by atoms with Crippen molar-refractivity contribution in [3.63, 3.8) is 0 Å². The summed E-state index contributed by atoms with van der Waals surface area (Å²) in [5.74, 6) is 0.0251. The van der Waals surface area contributed by atoms with Crippen LogP contribution in [0.3, 0.4) is 0 Å². The number of carbonyl (C=O) groups is 1. The van der Waals surface area contributed by atoms with Crippen LogP contribution in [0.4, 0.5) is 4.39 Å². The van der Waals surface area contributed by atoms with Crippen molar-refractivity contribution in [1.82, 2.24) is 14.5 Å². The van der Waals surface area contributed by atoms with Gasteiger partial charge in [0.25, 0.3) is 0 Å². The Labute approximate surface area is 137 Å². The first-order valence-electron chi connectivity index (χ1n) is 7.16. The van der Waals surface area contributed by atoms with Gasteiger partial charge in [-0.15, -0.1) is 0 Å². The van der Waals surface area contributed by atoms with Gasteiger partial charge in [0.2, 0.25) is 0 Å². The van der Waals surface area contributed by atoms with E-state index >= 15 is 0 Å². The van der Waals surface area contributed by atoms with E-state index in [1.807, 2.05) is 19.9 Å². The molecule has 1 aromatic carbocycles. The maximum absolute atomic E-state index is 13.4. The number of hydrogen-bond acceptors (Lipinski definition) is 3. The molecule has 6 heteroatoms. The normalized spacial score (nSPS) is 10.9. The lowest BCUT2D eigenvalue weighted by Crippen LogP contribution is -2.04. The average molecular weight is 329 g/mol. The van der Waals surface area contributed by atoms with E-state index in [0.29, 0.717) is 16.4 Å². The lowest BCUT2D eigenvalue weighted by Gasteiger charge is -2.07. The van der Waals surface area contributed by atoms with Gasteiger partial charge in [0.1, 0.15) is 5.82 Å². The third-order valence-corrected chi connectivity index (χ3v) is 4.44. The zero-order valence-corrected chi connectivity index (χ0v) is 13.7. The molecule has 0 saturated carbocycles. The van der Waals surface area contributed by atoms with Crippen molar-refractivity contribution in [2.45, 2.75) is 19.0 Å². The van der Waals surface area contributed by atoms with E-state index in [1.165, 1.54) is 23.9 Å². The molecule has 0 unspecified atom stereocenters. The second-order valence-corrected chi connectivity index (χ2v) is 6.21. The summed E-state index contributed by atoms with van der Waals surface area (Å²) in [5, 5.41) is 0.661. The number of aryl methyl sites for hydroxylation is 2. The average Bonchev–Trinajstić information content (AvgIpc) is 3.11. The summed E-state index contributed by atoms with van der Waals surface area (Å²) in [5.41, 5.74) is 3.24. The zero-order valence-electron chi connectivity index (χ0n) is 12.8. The molecule has 3 rings (SSSR count). The van der Waals surface area contributed by atoms with Gasteiger partial charge in [-0.1, -0.05) is 17.8 Å². The third-order valence-electron chi connectivity index (χ3n) is 3.48. The number of nitrogens with zero attached hydrogens (tertiary/aromatic N) is 2. The van der Waals surface area contributed by atoms with Crippen molar-refractivity contribution in [3.05, 3.63) is 65.5 Å². The first-order chi connectivity index (χ1) is 11.0. The molecule has 4 nitrogen and oxygen atoms in total. The van der Waals surface area contributed by atoms with Crippen molar-refractivity contribution in [2.24, 2.45) is 0 Å². The van der Waals surface area contributed by atoms with Crippen molar-refractivity contribution >= 4 is 17.5 Å². The summed E-state index contributed by atoms with van der Waals surface area (Å²) in [4.78, 5) is 19.7. The van der Waals surface area contributed by atoms with Crippen LogP contribution in [0.1, 0.15) is 21.7 Å². The Kier molecular flexibility index (Phi) is 4.34. The molecule has 118 valence electrons. The van der Waals surface area contributed by atoms with E-state index in [4.69, 9.17) is 0 Å². The van der Waals surface area contributed by atoms with Gasteiger partial charge in [-0.2, -0.15) is 0 Å². The van der Waals surface area contributed by atoms with Gasteiger partial charge in [0.15, 0.2) is 10.9 Å². The van der Waals surface area contributed by atoms with Gasteiger partial charge in [0.05, 0.1) is 11.4 Å². The third kappa shape index (κ3) is 3.37. The van der Waals surface area contributed by atoms with Crippen LogP contribution in [0.2, 0.25) is 0 Å². The Hall–Kier alpha value is -2.34. The van der Waals surface area contributed by atoms with Gasteiger partial charge >= 0.3 is 0 Å². The van der Waals surface area contributed by atoms with Crippen LogP contribution in [0.15, 0.2) is 47.9 Å². The molecule has 0 amide bonds. The van der Waals surface area contributed by atoms with Crippen molar-refractivity contribution in [2.75, 3.05) is 5.75 Å². The monoisotopic (exact) mass is 329 g/mol. The van der Waals surface area contributed by atoms with E-state index < -0.39 is 0 Å². The summed E-state index contributed by atoms with van der Waals surface area (Å²) in [7, 11) is 0. The topological polar surface area (TPSA) is 50.7 Å². The smallest absolute Gasteiger partial charge is 0.174 e. The molecule has 0 aliphatic heterocycles. The molecule has 2 aromatic heterocycles. The number of carbonyl (C=O) groups excluding carboxylic acids is 1. The molecule has 2 heterocycles. The highest BCUT2D eigenvalue weighted by Crippen LogP contribution is 2.22. The molecule has 0 aliphatic carbocycles. The standard InChI is InChI=1S/C17H16FN3OS/c1-11-8-15(12(2)20-11)16(22)10-23-17-19-6-7-21(17)14-5-3-4-13(18)9-14/h3-9,20H,10H2,1-2H3. The van der Waals surface area contributed by atoms with Crippen molar-refractivity contribution in [3.8, 4) is 5.69 Å². The fourth-order valence-electron chi connectivity index (χ4n) is 2.44. The number of Topliss-reactive ketones (excluding diaryl/α,β-unsaturated/α-hetero) is 1. The van der Waals surface area contributed by atoms with E-state index in [1.54, 1.807) is 29.1 Å². The predicted octanol–water partition coefficient (Wildman–Crippen LogP) is 3.93. The minimum Gasteiger partial charge on any atom is -0.362 e. The maximum Gasteiger partial charge on any atom is 0.174 e. The van der Waals surface area contributed by atoms with Gasteiger partial charge in [0, 0.05) is 29.3 Å². The second kappa shape index (κ2) is 6.42. The molecule has 3 aromatic rings. The van der Waals surface area contributed by atoms with Crippen LogP contribution in [-0.2, 0) is 0 Å². The Bertz CT molecular complexity index is 853. The molecule has 23 heavy (non-hydrogen) atoms. The highest BCUT2D eigenvalue weighted by atomic mass is 32.2. The van der Waals surface area contributed by atoms with E-state index in [9.17, 15) is 9.18 Å². The van der Waals surface area contributed by atoms with Crippen LogP contribution in [-0.4, -0.2) is 26.1 Å². The largest absolute Gasteiger partial charge is 0.362 e. The number of aromatic nitrogens is 3. The number of rotatable bonds is 5. The number of benzene rings is 1. The summed E-state index contributed by atoms with van der Waals surface area (Å²) >= 11 is 1.34. The Balaban J connectivity index is 1.76. The van der Waals surface area contributed by atoms with Crippen LogP contribution in [0.5, 0.6) is 0 Å². The molecule has 0 atom stereocenters. The fourth-order valence-corrected chi connectivity index (χ4v) is 3.30. The Morgan fingerprint density at radius 1 is 1.35 bits per heavy atom. The summed E-state index contributed by atoms with van der Waals surface area (Å²) < 4.78 is 15.1. The lowest BCUT2D eigenvalue weighted by molar-refractivity contribution is 0.102. The number of hydrogen-bond donors (Lipinski definition) is 1. The maximum atomic E-state index is 13.4. The number of imidazole rings is 1. The number of halogens is 1. The lowest BCUT2D eigenvalue weighted by atomic mass is 10.2. The highest BCUT2D eigenvalue weighted by Gasteiger charge is 2.14. The molecular weight excluding hydrogens is 313 g/mol. The van der Waals surface area contributed by atoms with Crippen molar-refractivity contribution < 1.29 is 9.18 Å². The minimum atomic E-state index is -0.304. The van der Waals surface area contributed by atoms with Gasteiger partial charge < -0.3 is 4.98 Å². The molecule has 0 aliphatic rings. The first kappa shape index (κ1) is 15.6. The predicted molar refractivity (Wildman–Crippen MR) is 88.8 cm³/mol. The van der Waals surface area contributed by atoms with E-state index in [-0.39, 0.29) is 17.4 Å². The quantitative estimate of drug-likeness (QED) is 0.570. The Morgan fingerprint density at radius 3 is 2.87 bits per heavy atom. The van der Waals surface area contributed by atoms with E-state index in [0.717, 1.165) is 11.4 Å². The molecule has 0 fully saturated rings. The summed E-state index contributed by atoms with van der Waals surface area (Å²) in [6, 6.07) is 8.14. The van der Waals surface area contributed by atoms with Crippen molar-refractivity contribution in [1.29, 1.82) is 0 Å². The van der Waals surface area contributed by atoms with Crippen LogP contribution in [0, 0.1) is 19.7 Å². The molecule has 0 saturated heterocycles. The fraction of sp³-hybridized carbons (Fsp3) is 0.176. The zero-order chi connectivity index (χ0) is 16.4. The number of nitrogens with one attached hydrogen (secondary N) is 1. The molecule has 0 bridgehead atoms. The van der Waals surface area contributed by atoms with Crippen LogP contribution < -0.4 is 0 Å². The minimum absolute atomic E-state index is 0.0469. The number of thioether (sulfide) groups is 1. The number of H-pyrrole nitrogens is 1. The first-order valence-corrected chi connectivity index (χ1v) is 8.14. The van der Waals surface area contributed by atoms with Gasteiger partial charge in [-0.25, -0.2) is 9.37 Å². The molecular formula is C17H16FN3OS. The molecule has 1 N–H and O–H groups in total.